The molecule has 0 fully saturated rings. The Labute approximate surface area is 86.7 Å². The van der Waals surface area contributed by atoms with Crippen LogP contribution in [0.25, 0.3) is 0 Å². The first-order valence-electron chi connectivity index (χ1n) is 0. The van der Waals surface area contributed by atoms with Crippen LogP contribution in [0.5, 0.6) is 0 Å². The quantitative estimate of drug-likeness (QED) is 0.340. The summed E-state index contributed by atoms with van der Waals surface area (Å²) >= 11 is 0. The van der Waals surface area contributed by atoms with Crippen LogP contribution in [0.1, 0.15) is 0 Å². The fourth-order valence-electron chi connectivity index (χ4n) is 0. The van der Waals surface area contributed by atoms with Gasteiger partial charge in [0.05, 0.1) is 0 Å². The van der Waals surface area contributed by atoms with Crippen molar-refractivity contribution in [1.29, 1.82) is 0 Å². The SMILES string of the molecule is [BiH3].[Cu].[Mo].[SnH2]. The van der Waals surface area contributed by atoms with E-state index < -0.39 is 0 Å². The third-order valence-electron chi connectivity index (χ3n) is 0. The van der Waals surface area contributed by atoms with Crippen molar-refractivity contribution in [2.24, 2.45) is 0 Å². The molecule has 0 aromatic carbocycles. The van der Waals surface area contributed by atoms with Gasteiger partial charge in [-0.1, -0.05) is 0 Å². The van der Waals surface area contributed by atoms with Crippen LogP contribution in [0, 0.1) is 0 Å². The number of hydrogen-bond acceptors (Lipinski definition) is 0. The van der Waals surface area contributed by atoms with Gasteiger partial charge in [0.2, 0.25) is 0 Å². The van der Waals surface area contributed by atoms with Crippen molar-refractivity contribution in [3.63, 3.8) is 0 Å². The molecule has 0 aromatic heterocycles. The van der Waals surface area contributed by atoms with Crippen LogP contribution in [0.4, 0.5) is 0 Å². The molecule has 0 spiro atoms. The van der Waals surface area contributed by atoms with Gasteiger partial charge in [-0.15, -0.1) is 0 Å². The standard InChI is InChI=1S/Bi.Cu.Mo.Sn.5H. The summed E-state index contributed by atoms with van der Waals surface area (Å²) in [5.74, 6) is 0. The second-order valence-corrected chi connectivity index (χ2v) is 0. The van der Waals surface area contributed by atoms with E-state index in [1.807, 2.05) is 0 Å². The zero-order valence-electron chi connectivity index (χ0n) is 2.12. The molecule has 0 aliphatic heterocycles. The minimum absolute atomic E-state index is 0. The Hall–Kier alpha value is 2.89. The van der Waals surface area contributed by atoms with E-state index in [1.54, 1.807) is 0 Å². The summed E-state index contributed by atoms with van der Waals surface area (Å²) in [7, 11) is 0. The van der Waals surface area contributed by atoms with Gasteiger partial charge in [-0.05, 0) is 0 Å². The Morgan fingerprint density at radius 2 is 1.00 bits per heavy atom. The van der Waals surface area contributed by atoms with Crippen molar-refractivity contribution in [3.8, 4) is 0 Å². The van der Waals surface area contributed by atoms with Crippen LogP contribution < -0.4 is 0 Å². The molecule has 0 bridgehead atoms. The first-order valence-corrected chi connectivity index (χ1v) is 0. The van der Waals surface area contributed by atoms with E-state index in [0.29, 0.717) is 0 Å². The van der Waals surface area contributed by atoms with E-state index in [-0.39, 0.29) is 88.2 Å². The van der Waals surface area contributed by atoms with Crippen LogP contribution in [-0.2, 0) is 38.1 Å². The van der Waals surface area contributed by atoms with Crippen LogP contribution in [0.2, 0.25) is 0 Å². The first kappa shape index (κ1) is 28.6. The van der Waals surface area contributed by atoms with E-state index >= 15 is 0 Å². The van der Waals surface area contributed by atoms with Gasteiger partial charge in [0.25, 0.3) is 0 Å². The zero-order chi connectivity index (χ0) is 0. The fraction of sp³-hybridized carbons (Fsp3) is 0. The minimum atomic E-state index is 0. The van der Waals surface area contributed by atoms with Crippen molar-refractivity contribution in [3.05, 3.63) is 0 Å². The summed E-state index contributed by atoms with van der Waals surface area (Å²) in [6.07, 6.45) is 0. The second-order valence-electron chi connectivity index (χ2n) is 0. The van der Waals surface area contributed by atoms with E-state index in [2.05, 4.69) is 0 Å². The summed E-state index contributed by atoms with van der Waals surface area (Å²) in [5.41, 5.74) is 0. The van der Waals surface area contributed by atoms with Crippen molar-refractivity contribution in [2.45, 2.75) is 0 Å². The topological polar surface area (TPSA) is 0 Å². The summed E-state index contributed by atoms with van der Waals surface area (Å²) in [5, 5.41) is 0. The summed E-state index contributed by atoms with van der Waals surface area (Å²) in [4.78, 5) is 0. The predicted octanol–water partition coefficient (Wildman–Crippen LogP) is -2.11. The molecule has 0 unspecified atom stereocenters. The van der Waals surface area contributed by atoms with E-state index in [0.717, 1.165) is 0 Å². The third-order valence-corrected chi connectivity index (χ3v) is 0. The van der Waals surface area contributed by atoms with E-state index in [4.69, 9.17) is 0 Å². The van der Waals surface area contributed by atoms with Crippen LogP contribution >= 0.6 is 0 Å². The Balaban J connectivity index is 0. The molecule has 0 saturated carbocycles. The Bertz CT molecular complexity index is 8.00. The molecule has 0 aliphatic rings. The molecular formula is H5BiCuMoSn. The Morgan fingerprint density at radius 1 is 1.00 bits per heavy atom. The predicted molar refractivity (Wildman–Crippen MR) is 18.5 cm³/mol. The molecule has 31 valence electrons. The maximum atomic E-state index is 0. The van der Waals surface area contributed by atoms with Gasteiger partial charge in [-0.25, -0.2) is 0 Å². The summed E-state index contributed by atoms with van der Waals surface area (Å²) < 4.78 is 0. The monoisotopic (exact) mass is 495 g/mol. The van der Waals surface area contributed by atoms with Gasteiger partial charge in [0, 0.05) is 38.1 Å². The summed E-state index contributed by atoms with van der Waals surface area (Å²) in [6.45, 7) is 0. The van der Waals surface area contributed by atoms with E-state index in [9.17, 15) is 0 Å². The molecule has 0 N–H and O–H groups in total. The normalized spacial score (nSPS) is 0. The Morgan fingerprint density at radius 3 is 1.00 bits per heavy atom. The first-order chi connectivity index (χ1) is 0. The van der Waals surface area contributed by atoms with Gasteiger partial charge in [0.1, 0.15) is 0 Å². The molecule has 0 saturated heterocycles. The third kappa shape index (κ3) is 8.86. The number of hydrogen-bond donors (Lipinski definition) is 0. The van der Waals surface area contributed by atoms with Crippen molar-refractivity contribution in [2.75, 3.05) is 0 Å². The second kappa shape index (κ2) is 16.9. The van der Waals surface area contributed by atoms with E-state index in [1.165, 1.54) is 0 Å². The van der Waals surface area contributed by atoms with Crippen LogP contribution in [-0.4, -0.2) is 50.1 Å². The molecular weight excluding hydrogens is 487 g/mol. The molecule has 4 heteroatoms. The zero-order valence-corrected chi connectivity index (χ0v) is 14.6. The van der Waals surface area contributed by atoms with Crippen LogP contribution in [0.15, 0.2) is 0 Å². The van der Waals surface area contributed by atoms with Crippen molar-refractivity contribution >= 4 is 50.1 Å². The average molecular weight is 492 g/mol. The van der Waals surface area contributed by atoms with Crippen molar-refractivity contribution < 1.29 is 38.1 Å². The molecule has 0 nitrogen and oxygen atoms in total. The van der Waals surface area contributed by atoms with Gasteiger partial charge in [-0.2, -0.15) is 0 Å². The molecule has 4 heavy (non-hydrogen) atoms. The average Bonchev–Trinajstić information content (AvgIpc) is 0. The van der Waals surface area contributed by atoms with Crippen LogP contribution in [0.3, 0.4) is 0 Å². The molecule has 0 heterocycles. The summed E-state index contributed by atoms with van der Waals surface area (Å²) in [6, 6.07) is 0. The molecule has 0 aliphatic carbocycles. The van der Waals surface area contributed by atoms with Gasteiger partial charge in [-0.3, -0.25) is 0 Å². The molecule has 0 atom stereocenters. The maximum absolute atomic E-state index is 0. The molecule has 0 rings (SSSR count). The van der Waals surface area contributed by atoms with Crippen molar-refractivity contribution in [1.82, 2.24) is 0 Å². The van der Waals surface area contributed by atoms with Gasteiger partial charge < -0.3 is 0 Å². The van der Waals surface area contributed by atoms with Gasteiger partial charge >= 0.3 is 50.1 Å². The van der Waals surface area contributed by atoms with Gasteiger partial charge in [0.15, 0.2) is 0 Å². The number of rotatable bonds is 0. The molecule has 0 amide bonds. The molecule has 0 aromatic rings. The molecule has 3 radical (unpaired) electrons. The Kier molecular flexibility index (Phi) is 121. The fourth-order valence-corrected chi connectivity index (χ4v) is 0.